The molecule has 0 spiro atoms. The fourth-order valence-corrected chi connectivity index (χ4v) is 5.45. The molecular weight excluding hydrogens is 383 g/mol. The van der Waals surface area contributed by atoms with Crippen LogP contribution in [0.1, 0.15) is 19.3 Å². The lowest BCUT2D eigenvalue weighted by molar-refractivity contribution is 0.170. The number of sulfonamides is 1. The van der Waals surface area contributed by atoms with Crippen molar-refractivity contribution in [2.24, 2.45) is 5.92 Å². The van der Waals surface area contributed by atoms with Gasteiger partial charge in [0.2, 0.25) is 10.0 Å². The van der Waals surface area contributed by atoms with Gasteiger partial charge in [-0.2, -0.15) is 4.31 Å². The maximum atomic E-state index is 13.0. The number of urea groups is 1. The smallest absolute Gasteiger partial charge is 0.317 e. The van der Waals surface area contributed by atoms with Crippen molar-refractivity contribution >= 4 is 16.1 Å². The molecule has 1 aliphatic carbocycles. The summed E-state index contributed by atoms with van der Waals surface area (Å²) in [6.07, 6.45) is 3.74. The van der Waals surface area contributed by atoms with E-state index in [1.807, 2.05) is 0 Å². The number of likely N-dealkylation sites (tertiary alicyclic amines) is 1. The van der Waals surface area contributed by atoms with Crippen molar-refractivity contribution in [2.45, 2.75) is 30.2 Å². The zero-order chi connectivity index (χ0) is 19.7. The molecule has 3 aliphatic rings. The van der Waals surface area contributed by atoms with E-state index in [-0.39, 0.29) is 24.0 Å². The van der Waals surface area contributed by atoms with Crippen LogP contribution in [0.2, 0.25) is 0 Å². The average molecular weight is 411 g/mol. The van der Waals surface area contributed by atoms with E-state index in [1.165, 1.54) is 29.3 Å². The molecule has 1 unspecified atom stereocenters. The molecule has 1 saturated carbocycles. The summed E-state index contributed by atoms with van der Waals surface area (Å²) < 4.78 is 39.7. The molecule has 2 heterocycles. The van der Waals surface area contributed by atoms with Gasteiger partial charge in [-0.1, -0.05) is 0 Å². The highest BCUT2D eigenvalue weighted by atomic mass is 32.2. The van der Waals surface area contributed by atoms with Crippen molar-refractivity contribution in [2.75, 3.05) is 45.8 Å². The molecule has 154 valence electrons. The first-order valence-corrected chi connectivity index (χ1v) is 11.4. The zero-order valence-electron chi connectivity index (χ0n) is 15.9. The van der Waals surface area contributed by atoms with Crippen LogP contribution in [0.25, 0.3) is 0 Å². The molecule has 1 aromatic rings. The first kappa shape index (κ1) is 19.6. The topological polar surface area (TPSA) is 73.0 Å². The molecule has 0 bridgehead atoms. The van der Waals surface area contributed by atoms with Gasteiger partial charge in [0, 0.05) is 45.3 Å². The Kier molecular flexibility index (Phi) is 5.57. The van der Waals surface area contributed by atoms with Crippen LogP contribution in [0, 0.1) is 11.7 Å². The molecule has 1 N–H and O–H groups in total. The number of carbonyl (C=O) groups excluding carboxylic acids is 1. The summed E-state index contributed by atoms with van der Waals surface area (Å²) in [6, 6.07) is 5.49. The molecule has 1 aromatic carbocycles. The summed E-state index contributed by atoms with van der Waals surface area (Å²) in [5, 5.41) is 3.02. The second-order valence-electron chi connectivity index (χ2n) is 7.91. The fourth-order valence-electron chi connectivity index (χ4n) is 4.03. The number of halogens is 1. The van der Waals surface area contributed by atoms with Gasteiger partial charge < -0.3 is 15.1 Å². The van der Waals surface area contributed by atoms with Gasteiger partial charge in [0.25, 0.3) is 0 Å². The standard InChI is InChI=1S/C19H27FN4O3S/c20-16-1-5-18(6-2-16)28(26,27)24-11-9-22(10-12-24)19(25)21-13-15-7-8-23(14-15)17-3-4-17/h1-2,5-6,15,17H,3-4,7-14H2,(H,21,25). The maximum Gasteiger partial charge on any atom is 0.317 e. The Balaban J connectivity index is 1.24. The van der Waals surface area contributed by atoms with E-state index < -0.39 is 15.8 Å². The number of piperazine rings is 1. The van der Waals surface area contributed by atoms with Gasteiger partial charge in [-0.25, -0.2) is 17.6 Å². The van der Waals surface area contributed by atoms with E-state index in [9.17, 15) is 17.6 Å². The predicted octanol–water partition coefficient (Wildman–Crippen LogP) is 1.33. The third-order valence-electron chi connectivity index (χ3n) is 5.90. The lowest BCUT2D eigenvalue weighted by Gasteiger charge is -2.34. The van der Waals surface area contributed by atoms with Gasteiger partial charge >= 0.3 is 6.03 Å². The Labute approximate surface area is 165 Å². The average Bonchev–Trinajstić information content (AvgIpc) is 3.45. The number of nitrogens with one attached hydrogen (secondary N) is 1. The van der Waals surface area contributed by atoms with Crippen molar-refractivity contribution in [3.8, 4) is 0 Å². The van der Waals surface area contributed by atoms with Gasteiger partial charge in [0.15, 0.2) is 0 Å². The summed E-state index contributed by atoms with van der Waals surface area (Å²) in [5.74, 6) is 0.0349. The molecule has 2 saturated heterocycles. The normalized spacial score (nSPS) is 24.5. The number of amides is 2. The Morgan fingerprint density at radius 3 is 2.36 bits per heavy atom. The Morgan fingerprint density at radius 2 is 1.71 bits per heavy atom. The van der Waals surface area contributed by atoms with E-state index in [2.05, 4.69) is 10.2 Å². The molecule has 0 radical (unpaired) electrons. The number of hydrogen-bond donors (Lipinski definition) is 1. The molecule has 3 fully saturated rings. The minimum Gasteiger partial charge on any atom is -0.338 e. The molecule has 2 amide bonds. The minimum absolute atomic E-state index is 0.0771. The highest BCUT2D eigenvalue weighted by Crippen LogP contribution is 2.31. The SMILES string of the molecule is O=C(NCC1CCN(C2CC2)C1)N1CCN(S(=O)(=O)c2ccc(F)cc2)CC1. The molecule has 0 aromatic heterocycles. The first-order valence-electron chi connectivity index (χ1n) is 9.96. The lowest BCUT2D eigenvalue weighted by atomic mass is 10.1. The maximum absolute atomic E-state index is 13.0. The highest BCUT2D eigenvalue weighted by Gasteiger charge is 2.35. The van der Waals surface area contributed by atoms with Crippen LogP contribution in [0.3, 0.4) is 0 Å². The molecule has 7 nitrogen and oxygen atoms in total. The number of hydrogen-bond acceptors (Lipinski definition) is 4. The zero-order valence-corrected chi connectivity index (χ0v) is 16.7. The van der Waals surface area contributed by atoms with Crippen LogP contribution in [0.15, 0.2) is 29.2 Å². The number of carbonyl (C=O) groups is 1. The van der Waals surface area contributed by atoms with Gasteiger partial charge in [-0.05, 0) is 56.0 Å². The molecule has 4 rings (SSSR count). The van der Waals surface area contributed by atoms with Gasteiger partial charge in [-0.3, -0.25) is 0 Å². The predicted molar refractivity (Wildman–Crippen MR) is 103 cm³/mol. The van der Waals surface area contributed by atoms with Crippen molar-refractivity contribution < 1.29 is 17.6 Å². The third kappa shape index (κ3) is 4.31. The summed E-state index contributed by atoms with van der Waals surface area (Å²) in [7, 11) is -3.66. The van der Waals surface area contributed by atoms with Crippen molar-refractivity contribution in [3.05, 3.63) is 30.1 Å². The van der Waals surface area contributed by atoms with Crippen LogP contribution < -0.4 is 5.32 Å². The van der Waals surface area contributed by atoms with Crippen molar-refractivity contribution in [1.29, 1.82) is 0 Å². The van der Waals surface area contributed by atoms with E-state index in [0.717, 1.165) is 37.7 Å². The second-order valence-corrected chi connectivity index (χ2v) is 9.85. The Hall–Kier alpha value is -1.71. The fraction of sp³-hybridized carbons (Fsp3) is 0.632. The summed E-state index contributed by atoms with van der Waals surface area (Å²) >= 11 is 0. The highest BCUT2D eigenvalue weighted by molar-refractivity contribution is 7.89. The molecule has 1 atom stereocenters. The molecule has 28 heavy (non-hydrogen) atoms. The summed E-state index contributed by atoms with van der Waals surface area (Å²) in [4.78, 5) is 16.7. The number of nitrogens with zero attached hydrogens (tertiary/aromatic N) is 3. The largest absolute Gasteiger partial charge is 0.338 e. The first-order chi connectivity index (χ1) is 13.4. The summed E-state index contributed by atoms with van der Waals surface area (Å²) in [5.41, 5.74) is 0. The van der Waals surface area contributed by atoms with Gasteiger partial charge in [-0.15, -0.1) is 0 Å². The van der Waals surface area contributed by atoms with Crippen LogP contribution in [-0.4, -0.2) is 80.4 Å². The van der Waals surface area contributed by atoms with E-state index in [4.69, 9.17) is 0 Å². The monoisotopic (exact) mass is 410 g/mol. The Morgan fingerprint density at radius 1 is 1.04 bits per heavy atom. The van der Waals surface area contributed by atoms with Crippen LogP contribution in [0.4, 0.5) is 9.18 Å². The number of rotatable bonds is 5. The molecule has 9 heteroatoms. The number of benzene rings is 1. The van der Waals surface area contributed by atoms with E-state index in [0.29, 0.717) is 25.6 Å². The van der Waals surface area contributed by atoms with Crippen LogP contribution >= 0.6 is 0 Å². The molecule has 2 aliphatic heterocycles. The van der Waals surface area contributed by atoms with Crippen molar-refractivity contribution in [3.63, 3.8) is 0 Å². The van der Waals surface area contributed by atoms with Crippen LogP contribution in [0.5, 0.6) is 0 Å². The van der Waals surface area contributed by atoms with E-state index in [1.54, 1.807) is 4.90 Å². The molecular formula is C19H27FN4O3S. The summed E-state index contributed by atoms with van der Waals surface area (Å²) in [6.45, 7) is 4.06. The van der Waals surface area contributed by atoms with Gasteiger partial charge in [0.1, 0.15) is 5.82 Å². The minimum atomic E-state index is -3.66. The third-order valence-corrected chi connectivity index (χ3v) is 7.81. The van der Waals surface area contributed by atoms with Gasteiger partial charge in [0.05, 0.1) is 4.90 Å². The lowest BCUT2D eigenvalue weighted by Crippen LogP contribution is -2.53. The Bertz CT molecular complexity index is 805. The van der Waals surface area contributed by atoms with Crippen molar-refractivity contribution in [1.82, 2.24) is 19.4 Å². The van der Waals surface area contributed by atoms with E-state index >= 15 is 0 Å². The quantitative estimate of drug-likeness (QED) is 0.795. The second kappa shape index (κ2) is 7.96. The van der Waals surface area contributed by atoms with Crippen LogP contribution in [-0.2, 0) is 10.0 Å².